The minimum Gasteiger partial charge on any atom is -0.399 e. The van der Waals surface area contributed by atoms with Crippen LogP contribution in [0.3, 0.4) is 0 Å². The van der Waals surface area contributed by atoms with E-state index in [0.29, 0.717) is 11.3 Å². The number of hydrogen-bond donors (Lipinski definition) is 3. The molecule has 1 aromatic rings. The van der Waals surface area contributed by atoms with Gasteiger partial charge in [0.05, 0.1) is 6.54 Å². The van der Waals surface area contributed by atoms with Crippen molar-refractivity contribution in [2.45, 2.75) is 38.1 Å². The summed E-state index contributed by atoms with van der Waals surface area (Å²) in [5, 5.41) is 5.62. The van der Waals surface area contributed by atoms with Gasteiger partial charge in [0.2, 0.25) is 5.91 Å². The van der Waals surface area contributed by atoms with Gasteiger partial charge < -0.3 is 16.4 Å². The van der Waals surface area contributed by atoms with Crippen LogP contribution in [0.1, 0.15) is 43.0 Å². The molecule has 0 radical (unpaired) electrons. The van der Waals surface area contributed by atoms with Crippen molar-refractivity contribution in [3.8, 4) is 0 Å². The van der Waals surface area contributed by atoms with E-state index in [1.807, 2.05) is 0 Å². The number of nitrogens with one attached hydrogen (secondary N) is 2. The van der Waals surface area contributed by atoms with Crippen molar-refractivity contribution in [1.82, 2.24) is 10.6 Å². The zero-order valence-corrected chi connectivity index (χ0v) is 11.7. The molecule has 108 valence electrons. The molecule has 2 rings (SSSR count). The molecule has 0 bridgehead atoms. The third-order valence-corrected chi connectivity index (χ3v) is 3.73. The minimum absolute atomic E-state index is 0.00119. The van der Waals surface area contributed by atoms with Crippen molar-refractivity contribution in [2.75, 3.05) is 12.3 Å². The van der Waals surface area contributed by atoms with Crippen LogP contribution in [0.25, 0.3) is 0 Å². The van der Waals surface area contributed by atoms with Crippen molar-refractivity contribution in [1.29, 1.82) is 0 Å². The Bertz CT molecular complexity index is 490. The molecule has 0 aliphatic heterocycles. The number of rotatable bonds is 4. The Morgan fingerprint density at radius 3 is 2.40 bits per heavy atom. The number of anilines is 1. The lowest BCUT2D eigenvalue weighted by Crippen LogP contribution is -2.47. The van der Waals surface area contributed by atoms with Gasteiger partial charge in [-0.15, -0.1) is 0 Å². The Morgan fingerprint density at radius 1 is 1.20 bits per heavy atom. The molecule has 1 aromatic carbocycles. The van der Waals surface area contributed by atoms with Crippen molar-refractivity contribution in [3.63, 3.8) is 0 Å². The van der Waals surface area contributed by atoms with Gasteiger partial charge in [-0.25, -0.2) is 0 Å². The predicted molar refractivity (Wildman–Crippen MR) is 78.2 cm³/mol. The largest absolute Gasteiger partial charge is 0.399 e. The number of nitrogen functional groups attached to an aromatic ring is 1. The van der Waals surface area contributed by atoms with Gasteiger partial charge >= 0.3 is 0 Å². The van der Waals surface area contributed by atoms with Crippen LogP contribution in [0, 0.1) is 0 Å². The van der Waals surface area contributed by atoms with E-state index in [1.165, 1.54) is 0 Å². The quantitative estimate of drug-likeness (QED) is 0.727. The van der Waals surface area contributed by atoms with E-state index in [4.69, 9.17) is 5.73 Å². The second-order valence-corrected chi connectivity index (χ2v) is 5.62. The molecule has 20 heavy (non-hydrogen) atoms. The van der Waals surface area contributed by atoms with Crippen LogP contribution in [-0.4, -0.2) is 23.9 Å². The predicted octanol–water partition coefficient (Wildman–Crippen LogP) is 1.45. The maximum Gasteiger partial charge on any atom is 0.251 e. The zero-order valence-electron chi connectivity index (χ0n) is 11.7. The highest BCUT2D eigenvalue weighted by Gasteiger charge is 2.29. The van der Waals surface area contributed by atoms with Crippen molar-refractivity contribution in [2.24, 2.45) is 0 Å². The van der Waals surface area contributed by atoms with Crippen LogP contribution in [0.2, 0.25) is 0 Å². The van der Waals surface area contributed by atoms with E-state index in [2.05, 4.69) is 17.6 Å². The smallest absolute Gasteiger partial charge is 0.251 e. The Morgan fingerprint density at radius 2 is 1.80 bits per heavy atom. The van der Waals surface area contributed by atoms with Gasteiger partial charge in [0.15, 0.2) is 0 Å². The molecule has 0 saturated heterocycles. The van der Waals surface area contributed by atoms with E-state index in [0.717, 1.165) is 25.7 Å². The molecule has 0 heterocycles. The summed E-state index contributed by atoms with van der Waals surface area (Å²) in [5.41, 5.74) is 6.56. The highest BCUT2D eigenvalue weighted by atomic mass is 16.2. The molecule has 5 nitrogen and oxygen atoms in total. The van der Waals surface area contributed by atoms with Gasteiger partial charge in [0.1, 0.15) is 0 Å². The summed E-state index contributed by atoms with van der Waals surface area (Å²) in [7, 11) is 0. The summed E-state index contributed by atoms with van der Waals surface area (Å²) in [5.74, 6) is -0.407. The Hall–Kier alpha value is -2.04. The second-order valence-electron chi connectivity index (χ2n) is 5.62. The van der Waals surface area contributed by atoms with E-state index in [1.54, 1.807) is 24.3 Å². The first-order chi connectivity index (χ1) is 9.48. The van der Waals surface area contributed by atoms with Gasteiger partial charge in [-0.05, 0) is 44.0 Å². The summed E-state index contributed by atoms with van der Waals surface area (Å²) < 4.78 is 0. The van der Waals surface area contributed by atoms with Crippen molar-refractivity contribution < 1.29 is 9.59 Å². The lowest BCUT2D eigenvalue weighted by molar-refractivity contribution is -0.121. The van der Waals surface area contributed by atoms with Gasteiger partial charge in [-0.2, -0.15) is 0 Å². The molecule has 2 amide bonds. The molecule has 0 atom stereocenters. The van der Waals surface area contributed by atoms with Gasteiger partial charge in [-0.3, -0.25) is 9.59 Å². The molecule has 4 N–H and O–H groups in total. The highest BCUT2D eigenvalue weighted by Crippen LogP contribution is 2.28. The lowest BCUT2D eigenvalue weighted by atomic mass is 10.0. The fraction of sp³-hybridized carbons (Fsp3) is 0.467. The third-order valence-electron chi connectivity index (χ3n) is 3.73. The number of benzene rings is 1. The van der Waals surface area contributed by atoms with E-state index in [-0.39, 0.29) is 23.9 Å². The van der Waals surface area contributed by atoms with E-state index >= 15 is 0 Å². The number of carbonyl (C=O) groups is 2. The first-order valence-electron chi connectivity index (χ1n) is 6.93. The van der Waals surface area contributed by atoms with Gasteiger partial charge in [-0.1, -0.05) is 12.8 Å². The standard InChI is InChI=1S/C15H21N3O2/c1-15(8-2-3-9-15)18-13(19)10-17-14(20)11-4-6-12(16)7-5-11/h4-7H,2-3,8-10,16H2,1H3,(H,17,20)(H,18,19). The molecule has 1 fully saturated rings. The molecule has 1 aliphatic carbocycles. The number of hydrogen-bond acceptors (Lipinski definition) is 3. The maximum absolute atomic E-state index is 11.8. The first kappa shape index (κ1) is 14.4. The van der Waals surface area contributed by atoms with Crippen LogP contribution in [0.5, 0.6) is 0 Å². The molecule has 1 saturated carbocycles. The number of carbonyl (C=O) groups excluding carboxylic acids is 2. The maximum atomic E-state index is 11.8. The SMILES string of the molecule is CC1(NC(=O)CNC(=O)c2ccc(N)cc2)CCCC1. The summed E-state index contributed by atoms with van der Waals surface area (Å²) in [6, 6.07) is 6.60. The van der Waals surface area contributed by atoms with Crippen LogP contribution in [-0.2, 0) is 4.79 Å². The zero-order chi connectivity index (χ0) is 14.6. The molecule has 5 heteroatoms. The molecule has 1 aliphatic rings. The lowest BCUT2D eigenvalue weighted by Gasteiger charge is -2.25. The van der Waals surface area contributed by atoms with Gasteiger partial charge in [0, 0.05) is 16.8 Å². The molecule has 0 aromatic heterocycles. The van der Waals surface area contributed by atoms with Crippen LogP contribution >= 0.6 is 0 Å². The van der Waals surface area contributed by atoms with E-state index in [9.17, 15) is 9.59 Å². The highest BCUT2D eigenvalue weighted by molar-refractivity contribution is 5.96. The molecule has 0 spiro atoms. The van der Waals surface area contributed by atoms with Gasteiger partial charge in [0.25, 0.3) is 5.91 Å². The van der Waals surface area contributed by atoms with Crippen molar-refractivity contribution >= 4 is 17.5 Å². The normalized spacial score (nSPS) is 16.6. The average molecular weight is 275 g/mol. The molecular formula is C15H21N3O2. The average Bonchev–Trinajstić information content (AvgIpc) is 2.83. The monoisotopic (exact) mass is 275 g/mol. The molecular weight excluding hydrogens is 254 g/mol. The Kier molecular flexibility index (Phi) is 4.27. The van der Waals surface area contributed by atoms with Crippen LogP contribution < -0.4 is 16.4 Å². The third kappa shape index (κ3) is 3.73. The fourth-order valence-electron chi connectivity index (χ4n) is 2.56. The fourth-order valence-corrected chi connectivity index (χ4v) is 2.56. The summed E-state index contributed by atoms with van der Waals surface area (Å²) in [6.07, 6.45) is 4.30. The van der Waals surface area contributed by atoms with Crippen LogP contribution in [0.15, 0.2) is 24.3 Å². The Labute approximate surface area is 118 Å². The van der Waals surface area contributed by atoms with E-state index < -0.39 is 0 Å². The summed E-state index contributed by atoms with van der Waals surface area (Å²) in [4.78, 5) is 23.7. The summed E-state index contributed by atoms with van der Waals surface area (Å²) in [6.45, 7) is 2.05. The van der Waals surface area contributed by atoms with Crippen molar-refractivity contribution in [3.05, 3.63) is 29.8 Å². The summed E-state index contributed by atoms with van der Waals surface area (Å²) >= 11 is 0. The number of amides is 2. The second kappa shape index (κ2) is 5.94. The van der Waals surface area contributed by atoms with Crippen LogP contribution in [0.4, 0.5) is 5.69 Å². The number of nitrogens with two attached hydrogens (primary N) is 1. The Balaban J connectivity index is 1.81. The topological polar surface area (TPSA) is 84.2 Å². The minimum atomic E-state index is -0.267. The molecule has 0 unspecified atom stereocenters. The first-order valence-corrected chi connectivity index (χ1v) is 6.93.